The van der Waals surface area contributed by atoms with Gasteiger partial charge in [-0.25, -0.2) is 0 Å². The number of Topliss-reactive ketones (excluding diaryl/α,β-unsaturated/α-hetero) is 1. The molecule has 0 unspecified atom stereocenters. The lowest BCUT2D eigenvalue weighted by molar-refractivity contribution is 0.0999. The zero-order chi connectivity index (χ0) is 22.8. The van der Waals surface area contributed by atoms with Gasteiger partial charge in [0.25, 0.3) is 5.22 Å². The van der Waals surface area contributed by atoms with Crippen molar-refractivity contribution in [2.45, 2.75) is 16.9 Å². The van der Waals surface area contributed by atoms with Crippen LogP contribution in [0.3, 0.4) is 0 Å². The number of carbonyl (C=O) groups excluding carboxylic acids is 1. The van der Waals surface area contributed by atoms with Crippen molar-refractivity contribution < 1.29 is 32.9 Å². The predicted octanol–water partition coefficient (Wildman–Crippen LogP) is 3.68. The van der Waals surface area contributed by atoms with Gasteiger partial charge in [-0.2, -0.15) is 0 Å². The number of benzene rings is 2. The lowest BCUT2D eigenvalue weighted by atomic mass is 10.1. The second kappa shape index (κ2) is 8.99. The summed E-state index contributed by atoms with van der Waals surface area (Å²) in [5.74, 6) is 2.78. The summed E-state index contributed by atoms with van der Waals surface area (Å²) in [4.78, 5) is 12.9. The number of aromatic nitrogens is 2. The molecule has 0 aliphatic heterocycles. The van der Waals surface area contributed by atoms with Gasteiger partial charge in [-0.05, 0) is 36.2 Å². The minimum absolute atomic E-state index is 0.0153. The molecule has 0 spiro atoms. The van der Waals surface area contributed by atoms with Gasteiger partial charge in [-0.3, -0.25) is 4.79 Å². The third-order valence-electron chi connectivity index (χ3n) is 5.13. The van der Waals surface area contributed by atoms with Gasteiger partial charge in [-0.15, -0.1) is 10.2 Å². The first-order valence-electron chi connectivity index (χ1n) is 9.62. The van der Waals surface area contributed by atoms with E-state index in [0.717, 1.165) is 5.56 Å². The Bertz CT molecular complexity index is 1140. The molecule has 0 radical (unpaired) electrons. The van der Waals surface area contributed by atoms with Crippen LogP contribution in [0.15, 0.2) is 33.9 Å². The van der Waals surface area contributed by atoms with Crippen LogP contribution in [0, 0.1) is 0 Å². The number of carbonyl (C=O) groups is 1. The second-order valence-corrected chi connectivity index (χ2v) is 7.98. The maximum Gasteiger partial charge on any atom is 0.277 e. The van der Waals surface area contributed by atoms with Crippen molar-refractivity contribution in [1.29, 1.82) is 0 Å². The Kier molecular flexibility index (Phi) is 6.13. The zero-order valence-electron chi connectivity index (χ0n) is 18.3. The van der Waals surface area contributed by atoms with Crippen molar-refractivity contribution in [3.8, 4) is 40.2 Å². The highest BCUT2D eigenvalue weighted by Gasteiger charge is 2.34. The number of hydrogen-bond acceptors (Lipinski definition) is 10. The molecular weight excluding hydrogens is 436 g/mol. The summed E-state index contributed by atoms with van der Waals surface area (Å²) in [7, 11) is 7.70. The smallest absolute Gasteiger partial charge is 0.277 e. The molecule has 1 aliphatic carbocycles. The molecule has 1 atom stereocenters. The van der Waals surface area contributed by atoms with Crippen molar-refractivity contribution >= 4 is 17.5 Å². The topological polar surface area (TPSA) is 102 Å². The summed E-state index contributed by atoms with van der Waals surface area (Å²) in [6.07, 6.45) is 0.529. The van der Waals surface area contributed by atoms with E-state index in [1.165, 1.54) is 33.1 Å². The fraction of sp³-hybridized carbons (Fsp3) is 0.318. The van der Waals surface area contributed by atoms with Crippen LogP contribution in [0.1, 0.15) is 15.9 Å². The number of ether oxygens (including phenoxy) is 5. The summed E-state index contributed by atoms with van der Waals surface area (Å²) in [6.45, 7) is 0. The molecule has 0 saturated carbocycles. The van der Waals surface area contributed by atoms with Gasteiger partial charge in [0.1, 0.15) is 0 Å². The molecule has 4 rings (SSSR count). The van der Waals surface area contributed by atoms with Gasteiger partial charge in [-0.1, -0.05) is 11.8 Å². The first-order chi connectivity index (χ1) is 15.5. The van der Waals surface area contributed by atoms with Gasteiger partial charge in [0.15, 0.2) is 28.8 Å². The van der Waals surface area contributed by atoms with Gasteiger partial charge in [0.05, 0.1) is 40.8 Å². The normalized spacial score (nSPS) is 14.8. The highest BCUT2D eigenvalue weighted by Crippen LogP contribution is 2.42. The summed E-state index contributed by atoms with van der Waals surface area (Å²) >= 11 is 1.23. The number of hydrogen-bond donors (Lipinski definition) is 0. The highest BCUT2D eigenvalue weighted by atomic mass is 32.2. The lowest BCUT2D eigenvalue weighted by Crippen LogP contribution is -2.11. The first-order valence-corrected chi connectivity index (χ1v) is 10.5. The van der Waals surface area contributed by atoms with Crippen molar-refractivity contribution in [1.82, 2.24) is 10.2 Å². The van der Waals surface area contributed by atoms with E-state index in [1.54, 1.807) is 32.4 Å². The SMILES string of the molecule is COc1cc2c(cc1OC)C(=O)[C@@H](Sc1nnc(-c3cc(OC)c(OC)c(OC)c3)o1)C2. The van der Waals surface area contributed by atoms with Gasteiger partial charge in [0.2, 0.25) is 11.6 Å². The summed E-state index contributed by atoms with van der Waals surface area (Å²) in [6, 6.07) is 6.99. The number of rotatable bonds is 8. The predicted molar refractivity (Wildman–Crippen MR) is 117 cm³/mol. The molecule has 1 aliphatic rings. The zero-order valence-corrected chi connectivity index (χ0v) is 19.1. The number of nitrogens with zero attached hydrogens (tertiary/aromatic N) is 2. The molecule has 2 aromatic carbocycles. The Balaban J connectivity index is 1.57. The Hall–Kier alpha value is -3.40. The van der Waals surface area contributed by atoms with Crippen LogP contribution in [-0.2, 0) is 6.42 Å². The molecule has 1 heterocycles. The molecule has 0 fully saturated rings. The van der Waals surface area contributed by atoms with E-state index in [4.69, 9.17) is 28.1 Å². The molecule has 0 saturated heterocycles. The molecule has 9 nitrogen and oxygen atoms in total. The molecule has 0 amide bonds. The summed E-state index contributed by atoms with van der Waals surface area (Å²) < 4.78 is 32.6. The molecule has 0 bridgehead atoms. The number of ketones is 1. The van der Waals surface area contributed by atoms with E-state index in [-0.39, 0.29) is 16.9 Å². The van der Waals surface area contributed by atoms with Crippen molar-refractivity contribution in [3.05, 3.63) is 35.4 Å². The van der Waals surface area contributed by atoms with Crippen molar-refractivity contribution in [2.75, 3.05) is 35.5 Å². The van der Waals surface area contributed by atoms with Crippen LogP contribution in [0.25, 0.3) is 11.5 Å². The average Bonchev–Trinajstić information content (AvgIpc) is 3.41. The van der Waals surface area contributed by atoms with Crippen LogP contribution in [0.4, 0.5) is 0 Å². The van der Waals surface area contributed by atoms with Gasteiger partial charge in [0, 0.05) is 11.1 Å². The van der Waals surface area contributed by atoms with Crippen LogP contribution < -0.4 is 23.7 Å². The van der Waals surface area contributed by atoms with Crippen LogP contribution in [0.2, 0.25) is 0 Å². The maximum atomic E-state index is 12.9. The maximum absolute atomic E-state index is 12.9. The molecule has 1 aromatic heterocycles. The van der Waals surface area contributed by atoms with Crippen LogP contribution >= 0.6 is 11.8 Å². The van der Waals surface area contributed by atoms with Crippen molar-refractivity contribution in [2.24, 2.45) is 0 Å². The molecule has 3 aromatic rings. The standard InChI is InChI=1S/C22H22N2O7S/c1-26-14-6-11-9-18(19(25)13(11)10-15(14)27-2)32-22-24-23-21(31-22)12-7-16(28-3)20(30-5)17(8-12)29-4/h6-8,10,18H,9H2,1-5H3/t18-/m0/s1. The average molecular weight is 458 g/mol. The van der Waals surface area contributed by atoms with E-state index in [1.807, 2.05) is 6.07 Å². The third kappa shape index (κ3) is 3.81. The molecule has 32 heavy (non-hydrogen) atoms. The molecular formula is C22H22N2O7S. The molecule has 10 heteroatoms. The monoisotopic (exact) mass is 458 g/mol. The van der Waals surface area contributed by atoms with E-state index in [9.17, 15) is 4.79 Å². The summed E-state index contributed by atoms with van der Waals surface area (Å²) in [5.41, 5.74) is 2.12. The Morgan fingerprint density at radius 2 is 1.47 bits per heavy atom. The minimum Gasteiger partial charge on any atom is -0.493 e. The number of fused-ring (bicyclic) bond motifs is 1. The first kappa shape index (κ1) is 21.8. The number of methoxy groups -OCH3 is 5. The Labute approximate surface area is 189 Å². The van der Waals surface area contributed by atoms with Crippen molar-refractivity contribution in [3.63, 3.8) is 0 Å². The largest absolute Gasteiger partial charge is 0.493 e. The van der Waals surface area contributed by atoms with Gasteiger partial charge >= 0.3 is 0 Å². The van der Waals surface area contributed by atoms with E-state index < -0.39 is 0 Å². The highest BCUT2D eigenvalue weighted by molar-refractivity contribution is 8.00. The Morgan fingerprint density at radius 1 is 0.844 bits per heavy atom. The molecule has 168 valence electrons. The van der Waals surface area contributed by atoms with Crippen LogP contribution in [0.5, 0.6) is 28.7 Å². The Morgan fingerprint density at radius 3 is 2.06 bits per heavy atom. The minimum atomic E-state index is -0.380. The number of thioether (sulfide) groups is 1. The third-order valence-corrected chi connectivity index (χ3v) is 6.17. The van der Waals surface area contributed by atoms with E-state index in [2.05, 4.69) is 10.2 Å². The fourth-order valence-corrected chi connectivity index (χ4v) is 4.54. The lowest BCUT2D eigenvalue weighted by Gasteiger charge is -2.12. The molecule has 0 N–H and O–H groups in total. The van der Waals surface area contributed by atoms with E-state index >= 15 is 0 Å². The van der Waals surface area contributed by atoms with Crippen LogP contribution in [-0.4, -0.2) is 56.8 Å². The summed E-state index contributed by atoms with van der Waals surface area (Å²) in [5, 5.41) is 8.14. The second-order valence-electron chi connectivity index (χ2n) is 6.83. The van der Waals surface area contributed by atoms with E-state index in [0.29, 0.717) is 51.5 Å². The fourth-order valence-electron chi connectivity index (χ4n) is 3.58. The van der Waals surface area contributed by atoms with Gasteiger partial charge < -0.3 is 28.1 Å². The quantitative estimate of drug-likeness (QED) is 0.497.